The van der Waals surface area contributed by atoms with Crippen molar-refractivity contribution >= 4 is 16.7 Å². The monoisotopic (exact) mass is 230 g/mol. The summed E-state index contributed by atoms with van der Waals surface area (Å²) in [6.07, 6.45) is 1.82. The molecule has 1 rings (SSSR count). The second-order valence-corrected chi connectivity index (χ2v) is 3.88. The average molecular weight is 230 g/mol. The van der Waals surface area contributed by atoms with Crippen LogP contribution in [0.1, 0.15) is 12.0 Å². The lowest BCUT2D eigenvalue weighted by Crippen LogP contribution is -2.06. The Kier molecular flexibility index (Phi) is 3.81. The van der Waals surface area contributed by atoms with Gasteiger partial charge in [0.15, 0.2) is 0 Å². The first-order valence-electron chi connectivity index (χ1n) is 4.21. The van der Waals surface area contributed by atoms with E-state index in [9.17, 15) is 13.2 Å². The maximum atomic E-state index is 10.3. The van der Waals surface area contributed by atoms with Gasteiger partial charge in [-0.15, -0.1) is 0 Å². The zero-order valence-electron chi connectivity index (χ0n) is 7.79. The van der Waals surface area contributed by atoms with Gasteiger partial charge in [-0.1, -0.05) is 12.1 Å². The molecule has 0 amide bonds. The third-order valence-electron chi connectivity index (χ3n) is 1.68. The van der Waals surface area contributed by atoms with E-state index in [4.69, 9.17) is 4.55 Å². The molecule has 82 valence electrons. The van der Waals surface area contributed by atoms with Crippen LogP contribution in [0.5, 0.6) is 5.75 Å². The number of hydrogen-bond donors (Lipinski definition) is 1. The second-order valence-electron chi connectivity index (χ2n) is 2.86. The second kappa shape index (κ2) is 4.90. The Morgan fingerprint density at radius 2 is 1.87 bits per heavy atom. The summed E-state index contributed by atoms with van der Waals surface area (Å²) in [4.78, 5) is 10.1. The predicted octanol–water partition coefficient (Wildman–Crippen LogP) is 1.000. The van der Waals surface area contributed by atoms with Crippen LogP contribution >= 0.6 is 0 Å². The average Bonchev–Trinajstić information content (AvgIpc) is 2.14. The van der Waals surface area contributed by atoms with E-state index in [1.54, 1.807) is 12.1 Å². The van der Waals surface area contributed by atoms with Crippen molar-refractivity contribution in [3.8, 4) is 5.75 Å². The van der Waals surface area contributed by atoms with Crippen molar-refractivity contribution in [1.29, 1.82) is 0 Å². The van der Waals surface area contributed by atoms with Crippen LogP contribution in [0.4, 0.5) is 0 Å². The molecule has 0 atom stereocenters. The van der Waals surface area contributed by atoms with Crippen LogP contribution < -0.4 is 4.18 Å². The van der Waals surface area contributed by atoms with E-state index in [2.05, 4.69) is 4.18 Å². The molecule has 0 saturated heterocycles. The zero-order chi connectivity index (χ0) is 11.3. The third-order valence-corrected chi connectivity index (χ3v) is 2.08. The lowest BCUT2D eigenvalue weighted by Gasteiger charge is -2.02. The lowest BCUT2D eigenvalue weighted by atomic mass is 10.1. The highest BCUT2D eigenvalue weighted by molar-refractivity contribution is 7.81. The fourth-order valence-corrected chi connectivity index (χ4v) is 1.41. The summed E-state index contributed by atoms with van der Waals surface area (Å²) in [6, 6.07) is 6.08. The molecule has 0 heterocycles. The van der Waals surface area contributed by atoms with Crippen molar-refractivity contribution in [2.24, 2.45) is 0 Å². The van der Waals surface area contributed by atoms with E-state index in [1.807, 2.05) is 0 Å². The first-order valence-corrected chi connectivity index (χ1v) is 5.57. The van der Waals surface area contributed by atoms with Gasteiger partial charge in [-0.05, 0) is 24.1 Å². The van der Waals surface area contributed by atoms with Crippen LogP contribution in [0, 0.1) is 0 Å². The summed E-state index contributed by atoms with van der Waals surface area (Å²) in [6.45, 7) is 0. The summed E-state index contributed by atoms with van der Waals surface area (Å²) in [5.41, 5.74) is 0.893. The number of aldehydes is 1. The Hall–Kier alpha value is -1.40. The van der Waals surface area contributed by atoms with Crippen molar-refractivity contribution in [3.05, 3.63) is 29.8 Å². The van der Waals surface area contributed by atoms with E-state index >= 15 is 0 Å². The van der Waals surface area contributed by atoms with Crippen molar-refractivity contribution in [1.82, 2.24) is 0 Å². The first-order chi connectivity index (χ1) is 7.01. The highest BCUT2D eigenvalue weighted by Crippen LogP contribution is 2.14. The van der Waals surface area contributed by atoms with Crippen molar-refractivity contribution < 1.29 is 21.9 Å². The number of benzene rings is 1. The molecule has 5 nitrogen and oxygen atoms in total. The molecule has 0 bridgehead atoms. The third kappa shape index (κ3) is 4.57. The lowest BCUT2D eigenvalue weighted by molar-refractivity contribution is -0.107. The minimum Gasteiger partial charge on any atom is -0.362 e. The van der Waals surface area contributed by atoms with E-state index in [-0.39, 0.29) is 5.75 Å². The molecule has 0 aliphatic carbocycles. The largest absolute Gasteiger partial charge is 0.446 e. The Bertz CT molecular complexity index is 420. The van der Waals surface area contributed by atoms with Gasteiger partial charge in [-0.2, -0.15) is 8.42 Å². The minimum absolute atomic E-state index is 0.0346. The molecular formula is C9H10O5S. The van der Waals surface area contributed by atoms with Gasteiger partial charge in [0, 0.05) is 6.42 Å². The normalized spacial score (nSPS) is 11.0. The standard InChI is InChI=1S/C9H10O5S/c10-7-1-2-8-3-5-9(6-4-8)14-15(11,12)13/h3-7H,1-2H2,(H,11,12,13). The van der Waals surface area contributed by atoms with Crippen LogP contribution in [0.25, 0.3) is 0 Å². The molecule has 0 aliphatic rings. The highest BCUT2D eigenvalue weighted by Gasteiger charge is 2.05. The number of rotatable bonds is 5. The topological polar surface area (TPSA) is 80.7 Å². The molecule has 15 heavy (non-hydrogen) atoms. The Labute approximate surface area is 87.6 Å². The molecule has 1 aromatic rings. The van der Waals surface area contributed by atoms with Crippen LogP contribution in [-0.4, -0.2) is 19.3 Å². The van der Waals surface area contributed by atoms with Gasteiger partial charge in [-0.3, -0.25) is 4.55 Å². The van der Waals surface area contributed by atoms with Gasteiger partial charge < -0.3 is 8.98 Å². The summed E-state index contributed by atoms with van der Waals surface area (Å²) in [5, 5.41) is 0. The van der Waals surface area contributed by atoms with Crippen molar-refractivity contribution in [3.63, 3.8) is 0 Å². The van der Waals surface area contributed by atoms with E-state index in [0.29, 0.717) is 12.8 Å². The molecule has 0 saturated carbocycles. The molecule has 6 heteroatoms. The molecule has 0 unspecified atom stereocenters. The molecule has 1 N–H and O–H groups in total. The smallest absolute Gasteiger partial charge is 0.362 e. The summed E-state index contributed by atoms with van der Waals surface area (Å²) >= 11 is 0. The van der Waals surface area contributed by atoms with Gasteiger partial charge in [-0.25, -0.2) is 0 Å². The molecule has 0 aliphatic heterocycles. The maximum Gasteiger partial charge on any atom is 0.446 e. The Morgan fingerprint density at radius 1 is 1.27 bits per heavy atom. The van der Waals surface area contributed by atoms with Gasteiger partial charge in [0.05, 0.1) is 0 Å². The number of carbonyl (C=O) groups is 1. The molecule has 0 spiro atoms. The van der Waals surface area contributed by atoms with Crippen molar-refractivity contribution in [2.45, 2.75) is 12.8 Å². The highest BCUT2D eigenvalue weighted by atomic mass is 32.3. The molecule has 1 aromatic carbocycles. The Morgan fingerprint density at radius 3 is 2.33 bits per heavy atom. The molecule has 0 fully saturated rings. The van der Waals surface area contributed by atoms with E-state index in [0.717, 1.165) is 11.8 Å². The number of hydrogen-bond acceptors (Lipinski definition) is 4. The van der Waals surface area contributed by atoms with Gasteiger partial charge in [0.25, 0.3) is 0 Å². The molecule has 0 aromatic heterocycles. The molecule has 0 radical (unpaired) electrons. The quantitative estimate of drug-likeness (QED) is 0.602. The van der Waals surface area contributed by atoms with E-state index in [1.165, 1.54) is 12.1 Å². The maximum absolute atomic E-state index is 10.3. The number of carbonyl (C=O) groups excluding carboxylic acids is 1. The van der Waals surface area contributed by atoms with E-state index < -0.39 is 10.4 Å². The summed E-state index contributed by atoms with van der Waals surface area (Å²) in [7, 11) is -4.46. The van der Waals surface area contributed by atoms with Crippen LogP contribution in [0.3, 0.4) is 0 Å². The van der Waals surface area contributed by atoms with Crippen LogP contribution in [-0.2, 0) is 21.6 Å². The fourth-order valence-electron chi connectivity index (χ4n) is 1.06. The Balaban J connectivity index is 2.68. The van der Waals surface area contributed by atoms with Crippen molar-refractivity contribution in [2.75, 3.05) is 0 Å². The van der Waals surface area contributed by atoms with Gasteiger partial charge in [0.2, 0.25) is 0 Å². The summed E-state index contributed by atoms with van der Waals surface area (Å²) in [5.74, 6) is 0.0346. The first kappa shape index (κ1) is 11.7. The van der Waals surface area contributed by atoms with Gasteiger partial charge >= 0.3 is 10.4 Å². The predicted molar refractivity (Wildman–Crippen MR) is 53.0 cm³/mol. The molecular weight excluding hydrogens is 220 g/mol. The number of aryl methyl sites for hydroxylation is 1. The fraction of sp³-hybridized carbons (Fsp3) is 0.222. The SMILES string of the molecule is O=CCCc1ccc(OS(=O)(=O)O)cc1. The van der Waals surface area contributed by atoms with Gasteiger partial charge in [0.1, 0.15) is 12.0 Å². The minimum atomic E-state index is -4.46. The summed E-state index contributed by atoms with van der Waals surface area (Å²) < 4.78 is 33.3. The zero-order valence-corrected chi connectivity index (χ0v) is 8.61. The van der Waals surface area contributed by atoms with Crippen LogP contribution in [0.2, 0.25) is 0 Å². The van der Waals surface area contributed by atoms with Crippen LogP contribution in [0.15, 0.2) is 24.3 Å².